The Morgan fingerprint density at radius 3 is 2.38 bits per heavy atom. The number of carbonyl (C=O) groups is 1. The molecule has 0 spiro atoms. The Morgan fingerprint density at radius 2 is 1.71 bits per heavy atom. The number of hydrogen-bond acceptors (Lipinski definition) is 2. The highest BCUT2D eigenvalue weighted by Crippen LogP contribution is 2.25. The van der Waals surface area contributed by atoms with E-state index in [1.54, 1.807) is 11.8 Å². The molecule has 2 nitrogen and oxygen atoms in total. The van der Waals surface area contributed by atoms with Crippen LogP contribution in [-0.4, -0.2) is 11.2 Å². The summed E-state index contributed by atoms with van der Waals surface area (Å²) in [7, 11) is 0. The predicted molar refractivity (Wildman–Crippen MR) is 91.0 cm³/mol. The minimum Gasteiger partial charge on any atom is -0.325 e. The van der Waals surface area contributed by atoms with Crippen molar-refractivity contribution in [3.63, 3.8) is 0 Å². The summed E-state index contributed by atoms with van der Waals surface area (Å²) in [6.07, 6.45) is 0. The first-order chi connectivity index (χ1) is 9.97. The zero-order valence-electron chi connectivity index (χ0n) is 12.9. The molecule has 0 aliphatic rings. The number of anilines is 1. The summed E-state index contributed by atoms with van der Waals surface area (Å²) in [4.78, 5) is 13.4. The second-order valence-corrected chi connectivity index (χ2v) is 6.72. The number of rotatable bonds is 4. The predicted octanol–water partition coefficient (Wildman–Crippen LogP) is 4.73. The maximum Gasteiger partial charge on any atom is 0.237 e. The Hall–Kier alpha value is -1.74. The third kappa shape index (κ3) is 4.11. The molecular formula is C18H21NOS. The van der Waals surface area contributed by atoms with E-state index in [-0.39, 0.29) is 11.2 Å². The van der Waals surface area contributed by atoms with Crippen LogP contribution in [0.2, 0.25) is 0 Å². The van der Waals surface area contributed by atoms with Crippen LogP contribution < -0.4 is 5.32 Å². The second-order valence-electron chi connectivity index (χ2n) is 5.31. The fraction of sp³-hybridized carbons (Fsp3) is 0.278. The van der Waals surface area contributed by atoms with E-state index in [1.807, 2.05) is 26.0 Å². The minimum atomic E-state index is -0.132. The van der Waals surface area contributed by atoms with Gasteiger partial charge in [0.25, 0.3) is 0 Å². The van der Waals surface area contributed by atoms with Crippen molar-refractivity contribution >= 4 is 23.4 Å². The van der Waals surface area contributed by atoms with Gasteiger partial charge in [0.1, 0.15) is 0 Å². The third-order valence-corrected chi connectivity index (χ3v) is 4.68. The van der Waals surface area contributed by atoms with Gasteiger partial charge in [0.05, 0.1) is 5.25 Å². The van der Waals surface area contributed by atoms with Gasteiger partial charge >= 0.3 is 0 Å². The number of nitrogens with one attached hydrogen (secondary N) is 1. The molecule has 0 heterocycles. The van der Waals surface area contributed by atoms with Gasteiger partial charge in [0, 0.05) is 10.6 Å². The van der Waals surface area contributed by atoms with Crippen molar-refractivity contribution in [2.75, 3.05) is 5.32 Å². The average molecular weight is 299 g/mol. The highest BCUT2D eigenvalue weighted by atomic mass is 32.2. The summed E-state index contributed by atoms with van der Waals surface area (Å²) in [5.74, 6) is 0.0364. The molecule has 110 valence electrons. The molecule has 1 N–H and O–H groups in total. The van der Waals surface area contributed by atoms with E-state index >= 15 is 0 Å². The van der Waals surface area contributed by atoms with Crippen molar-refractivity contribution in [3.05, 3.63) is 59.2 Å². The summed E-state index contributed by atoms with van der Waals surface area (Å²) in [6, 6.07) is 14.2. The first-order valence-electron chi connectivity index (χ1n) is 7.08. The summed E-state index contributed by atoms with van der Waals surface area (Å²) in [6.45, 7) is 8.08. The van der Waals surface area contributed by atoms with Crippen LogP contribution in [-0.2, 0) is 4.79 Å². The molecule has 21 heavy (non-hydrogen) atoms. The van der Waals surface area contributed by atoms with E-state index in [0.717, 1.165) is 16.1 Å². The van der Waals surface area contributed by atoms with Gasteiger partial charge in [0.2, 0.25) is 5.91 Å². The summed E-state index contributed by atoms with van der Waals surface area (Å²) >= 11 is 1.58. The van der Waals surface area contributed by atoms with Crippen LogP contribution in [0.4, 0.5) is 5.69 Å². The van der Waals surface area contributed by atoms with E-state index in [2.05, 4.69) is 49.5 Å². The Kier molecular flexibility index (Phi) is 5.07. The highest BCUT2D eigenvalue weighted by Gasteiger charge is 2.15. The molecule has 1 atom stereocenters. The van der Waals surface area contributed by atoms with E-state index in [1.165, 1.54) is 11.1 Å². The van der Waals surface area contributed by atoms with Crippen LogP contribution >= 0.6 is 11.8 Å². The molecule has 2 aromatic carbocycles. The van der Waals surface area contributed by atoms with Gasteiger partial charge in [-0.2, -0.15) is 0 Å². The quantitative estimate of drug-likeness (QED) is 0.827. The van der Waals surface area contributed by atoms with Crippen LogP contribution in [0.1, 0.15) is 23.6 Å². The molecule has 0 aliphatic heterocycles. The number of benzene rings is 2. The molecule has 3 heteroatoms. The van der Waals surface area contributed by atoms with Crippen molar-refractivity contribution < 1.29 is 4.79 Å². The molecule has 2 aromatic rings. The van der Waals surface area contributed by atoms with Crippen molar-refractivity contribution in [2.24, 2.45) is 0 Å². The van der Waals surface area contributed by atoms with Crippen LogP contribution in [0.3, 0.4) is 0 Å². The van der Waals surface area contributed by atoms with E-state index < -0.39 is 0 Å². The molecule has 0 fully saturated rings. The monoisotopic (exact) mass is 299 g/mol. The Balaban J connectivity index is 2.02. The number of aryl methyl sites for hydroxylation is 2. The van der Waals surface area contributed by atoms with Crippen LogP contribution in [0.25, 0.3) is 0 Å². The summed E-state index contributed by atoms with van der Waals surface area (Å²) in [5, 5.41) is 2.89. The molecule has 0 aliphatic carbocycles. The van der Waals surface area contributed by atoms with Gasteiger partial charge in [-0.25, -0.2) is 0 Å². The van der Waals surface area contributed by atoms with Gasteiger partial charge in [-0.05, 0) is 57.0 Å². The fourth-order valence-electron chi connectivity index (χ4n) is 2.00. The minimum absolute atomic E-state index is 0.0364. The van der Waals surface area contributed by atoms with Gasteiger partial charge in [0.15, 0.2) is 0 Å². The standard InChI is InChI=1S/C18H21NOS/c1-12-8-10-16(11-9-12)21-15(4)18(20)19-17-7-5-6-13(2)14(17)3/h5-11,15H,1-4H3,(H,19,20)/t15-/m0/s1. The van der Waals surface area contributed by atoms with Crippen LogP contribution in [0, 0.1) is 20.8 Å². The zero-order chi connectivity index (χ0) is 15.4. The molecule has 0 bridgehead atoms. The van der Waals surface area contributed by atoms with Crippen LogP contribution in [0.15, 0.2) is 47.4 Å². The van der Waals surface area contributed by atoms with Crippen LogP contribution in [0.5, 0.6) is 0 Å². The third-order valence-electron chi connectivity index (χ3n) is 3.57. The zero-order valence-corrected chi connectivity index (χ0v) is 13.8. The number of carbonyl (C=O) groups excluding carboxylic acids is 1. The second kappa shape index (κ2) is 6.81. The van der Waals surface area contributed by atoms with E-state index in [4.69, 9.17) is 0 Å². The maximum atomic E-state index is 12.3. The van der Waals surface area contributed by atoms with Gasteiger partial charge in [-0.3, -0.25) is 4.79 Å². The number of amides is 1. The molecule has 0 saturated carbocycles. The molecule has 2 rings (SSSR count). The van der Waals surface area contributed by atoms with E-state index in [0.29, 0.717) is 0 Å². The Morgan fingerprint density at radius 1 is 1.05 bits per heavy atom. The van der Waals surface area contributed by atoms with Crippen molar-refractivity contribution in [1.29, 1.82) is 0 Å². The molecule has 1 amide bonds. The lowest BCUT2D eigenvalue weighted by Crippen LogP contribution is -2.22. The molecule has 0 aromatic heterocycles. The lowest BCUT2D eigenvalue weighted by atomic mass is 10.1. The highest BCUT2D eigenvalue weighted by molar-refractivity contribution is 8.00. The molecule has 0 unspecified atom stereocenters. The van der Waals surface area contributed by atoms with Gasteiger partial charge < -0.3 is 5.32 Å². The lowest BCUT2D eigenvalue weighted by molar-refractivity contribution is -0.115. The fourth-order valence-corrected chi connectivity index (χ4v) is 2.86. The molecule has 0 saturated heterocycles. The van der Waals surface area contributed by atoms with E-state index in [9.17, 15) is 4.79 Å². The first kappa shape index (κ1) is 15.6. The van der Waals surface area contributed by atoms with Gasteiger partial charge in [-0.1, -0.05) is 29.8 Å². The normalized spacial score (nSPS) is 12.0. The SMILES string of the molecule is Cc1ccc(S[C@@H](C)C(=O)Nc2cccc(C)c2C)cc1. The maximum absolute atomic E-state index is 12.3. The largest absolute Gasteiger partial charge is 0.325 e. The molecule has 0 radical (unpaired) electrons. The smallest absolute Gasteiger partial charge is 0.237 e. The molecular weight excluding hydrogens is 278 g/mol. The topological polar surface area (TPSA) is 29.1 Å². The van der Waals surface area contributed by atoms with Crippen molar-refractivity contribution in [2.45, 2.75) is 37.8 Å². The first-order valence-corrected chi connectivity index (χ1v) is 7.96. The Bertz CT molecular complexity index is 634. The average Bonchev–Trinajstić information content (AvgIpc) is 2.46. The van der Waals surface area contributed by atoms with Crippen molar-refractivity contribution in [1.82, 2.24) is 0 Å². The Labute approximate surface area is 131 Å². The lowest BCUT2D eigenvalue weighted by Gasteiger charge is -2.14. The van der Waals surface area contributed by atoms with Gasteiger partial charge in [-0.15, -0.1) is 11.8 Å². The number of hydrogen-bond donors (Lipinski definition) is 1. The number of thioether (sulfide) groups is 1. The summed E-state index contributed by atoms with van der Waals surface area (Å²) in [5.41, 5.74) is 4.44. The summed E-state index contributed by atoms with van der Waals surface area (Å²) < 4.78 is 0. The van der Waals surface area contributed by atoms with Crippen molar-refractivity contribution in [3.8, 4) is 0 Å².